The van der Waals surface area contributed by atoms with Crippen molar-refractivity contribution in [1.29, 1.82) is 0 Å². The number of aromatic amines is 1. The Balaban J connectivity index is 1.56. The Bertz CT molecular complexity index is 1040. The van der Waals surface area contributed by atoms with Crippen molar-refractivity contribution in [2.24, 2.45) is 0 Å². The Labute approximate surface area is 154 Å². The van der Waals surface area contributed by atoms with Gasteiger partial charge in [-0.3, -0.25) is 0 Å². The monoisotopic (exact) mass is 369 g/mol. The van der Waals surface area contributed by atoms with Crippen LogP contribution in [-0.2, 0) is 5.75 Å². The highest BCUT2D eigenvalue weighted by Crippen LogP contribution is 2.32. The van der Waals surface area contributed by atoms with Crippen LogP contribution in [0.15, 0.2) is 52.1 Å². The number of halogens is 1. The zero-order chi connectivity index (χ0) is 17.4. The highest BCUT2D eigenvalue weighted by molar-refractivity contribution is 7.98. The van der Waals surface area contributed by atoms with Gasteiger partial charge in [-0.25, -0.2) is 0 Å². The second-order valence-electron chi connectivity index (χ2n) is 5.96. The van der Waals surface area contributed by atoms with Gasteiger partial charge in [0, 0.05) is 21.7 Å². The molecule has 0 atom stereocenters. The van der Waals surface area contributed by atoms with Gasteiger partial charge in [0.15, 0.2) is 0 Å². The molecule has 0 aliphatic carbocycles. The van der Waals surface area contributed by atoms with Crippen LogP contribution in [-0.4, -0.2) is 15.2 Å². The first-order valence-corrected chi connectivity index (χ1v) is 9.26. The molecule has 126 valence electrons. The van der Waals surface area contributed by atoms with Crippen molar-refractivity contribution in [3.05, 3.63) is 64.2 Å². The van der Waals surface area contributed by atoms with Crippen LogP contribution in [0.3, 0.4) is 0 Å². The summed E-state index contributed by atoms with van der Waals surface area (Å²) in [5.74, 6) is 1.29. The minimum atomic E-state index is 0.497. The third-order valence-electron chi connectivity index (χ3n) is 4.12. The van der Waals surface area contributed by atoms with Gasteiger partial charge < -0.3 is 9.40 Å². The van der Waals surface area contributed by atoms with Crippen LogP contribution in [0.25, 0.3) is 22.5 Å². The largest absolute Gasteiger partial charge is 0.410 e. The topological polar surface area (TPSA) is 54.7 Å². The molecule has 0 fully saturated rings. The molecule has 0 unspecified atom stereocenters. The van der Waals surface area contributed by atoms with Gasteiger partial charge in [-0.2, -0.15) is 0 Å². The number of H-pyrrole nitrogens is 1. The summed E-state index contributed by atoms with van der Waals surface area (Å²) in [6.07, 6.45) is 0. The summed E-state index contributed by atoms with van der Waals surface area (Å²) < 4.78 is 5.83. The summed E-state index contributed by atoms with van der Waals surface area (Å²) in [5.41, 5.74) is 5.38. The fraction of sp³-hybridized carbons (Fsp3) is 0.158. The number of nitrogens with one attached hydrogen (secondary N) is 1. The van der Waals surface area contributed by atoms with E-state index >= 15 is 0 Å². The number of rotatable bonds is 4. The summed E-state index contributed by atoms with van der Waals surface area (Å²) in [6.45, 7) is 4.10. The minimum absolute atomic E-state index is 0.497. The second kappa shape index (κ2) is 6.58. The molecule has 2 heterocycles. The maximum Gasteiger partial charge on any atom is 0.277 e. The lowest BCUT2D eigenvalue weighted by Gasteiger charge is -1.98. The average molecular weight is 370 g/mol. The lowest BCUT2D eigenvalue weighted by molar-refractivity contribution is 0.464. The van der Waals surface area contributed by atoms with Gasteiger partial charge in [0.05, 0.1) is 0 Å². The van der Waals surface area contributed by atoms with Gasteiger partial charge in [-0.15, -0.1) is 10.2 Å². The first kappa shape index (κ1) is 16.2. The summed E-state index contributed by atoms with van der Waals surface area (Å²) in [7, 11) is 0. The van der Waals surface area contributed by atoms with E-state index in [0.29, 0.717) is 16.1 Å². The van der Waals surface area contributed by atoms with E-state index in [1.165, 1.54) is 22.9 Å². The van der Waals surface area contributed by atoms with Crippen molar-refractivity contribution in [3.8, 4) is 11.6 Å². The summed E-state index contributed by atoms with van der Waals surface area (Å²) >= 11 is 7.63. The predicted octanol–water partition coefficient (Wildman–Crippen LogP) is 5.78. The molecule has 2 aromatic carbocycles. The molecule has 1 N–H and O–H groups in total. The van der Waals surface area contributed by atoms with Crippen LogP contribution in [0.5, 0.6) is 0 Å². The van der Waals surface area contributed by atoms with Crippen LogP contribution in [0.2, 0.25) is 5.02 Å². The Morgan fingerprint density at radius 3 is 2.68 bits per heavy atom. The lowest BCUT2D eigenvalue weighted by Crippen LogP contribution is -1.81. The lowest BCUT2D eigenvalue weighted by atomic mass is 10.1. The van der Waals surface area contributed by atoms with Crippen molar-refractivity contribution >= 4 is 34.3 Å². The Hall–Kier alpha value is -2.24. The molecule has 4 nitrogen and oxygen atoms in total. The van der Waals surface area contributed by atoms with Gasteiger partial charge in [-0.05, 0) is 43.2 Å². The molecular formula is C19H16ClN3OS. The number of aryl methyl sites for hydroxylation is 2. The second-order valence-corrected chi connectivity index (χ2v) is 7.33. The first-order chi connectivity index (χ1) is 12.1. The number of hydrogen-bond acceptors (Lipinski definition) is 4. The number of aromatic nitrogens is 3. The molecule has 2 aromatic heterocycles. The van der Waals surface area contributed by atoms with Gasteiger partial charge in [0.2, 0.25) is 0 Å². The maximum atomic E-state index is 6.09. The number of fused-ring (bicyclic) bond motifs is 1. The quantitative estimate of drug-likeness (QED) is 0.463. The first-order valence-electron chi connectivity index (χ1n) is 7.90. The highest BCUT2D eigenvalue weighted by atomic mass is 35.5. The minimum Gasteiger partial charge on any atom is -0.410 e. The van der Waals surface area contributed by atoms with Crippen molar-refractivity contribution in [2.45, 2.75) is 24.8 Å². The van der Waals surface area contributed by atoms with Gasteiger partial charge in [0.1, 0.15) is 5.69 Å². The predicted molar refractivity (Wildman–Crippen MR) is 102 cm³/mol. The molecule has 0 bridgehead atoms. The molecule has 0 saturated heterocycles. The SMILES string of the molecule is Cc1ccc(CSc2nnc(-c3[nH]c4ccc(Cl)cc4c3C)o2)cc1. The van der Waals surface area contributed by atoms with E-state index in [4.69, 9.17) is 16.0 Å². The van der Waals surface area contributed by atoms with Crippen molar-refractivity contribution < 1.29 is 4.42 Å². The van der Waals surface area contributed by atoms with E-state index in [1.54, 1.807) is 0 Å². The molecule has 0 spiro atoms. The van der Waals surface area contributed by atoms with E-state index in [9.17, 15) is 0 Å². The zero-order valence-electron chi connectivity index (χ0n) is 13.8. The molecule has 6 heteroatoms. The summed E-state index contributed by atoms with van der Waals surface area (Å²) in [6, 6.07) is 14.2. The maximum absolute atomic E-state index is 6.09. The third kappa shape index (κ3) is 3.30. The van der Waals surface area contributed by atoms with Crippen LogP contribution in [0.1, 0.15) is 16.7 Å². The summed E-state index contributed by atoms with van der Waals surface area (Å²) in [4.78, 5) is 3.34. The smallest absolute Gasteiger partial charge is 0.277 e. The summed E-state index contributed by atoms with van der Waals surface area (Å²) in [5, 5.41) is 10.7. The number of thioether (sulfide) groups is 1. The molecule has 4 aromatic rings. The van der Waals surface area contributed by atoms with E-state index in [0.717, 1.165) is 27.9 Å². The van der Waals surface area contributed by atoms with Crippen molar-refractivity contribution in [3.63, 3.8) is 0 Å². The van der Waals surface area contributed by atoms with E-state index in [-0.39, 0.29) is 0 Å². The van der Waals surface area contributed by atoms with Gasteiger partial charge >= 0.3 is 0 Å². The molecular weight excluding hydrogens is 354 g/mol. The zero-order valence-corrected chi connectivity index (χ0v) is 15.4. The molecule has 25 heavy (non-hydrogen) atoms. The molecule has 0 aliphatic heterocycles. The Morgan fingerprint density at radius 1 is 1.08 bits per heavy atom. The van der Waals surface area contributed by atoms with Crippen LogP contribution >= 0.6 is 23.4 Å². The third-order valence-corrected chi connectivity index (χ3v) is 5.25. The fourth-order valence-electron chi connectivity index (χ4n) is 2.71. The van der Waals surface area contributed by atoms with Crippen LogP contribution < -0.4 is 0 Å². The van der Waals surface area contributed by atoms with Crippen LogP contribution in [0, 0.1) is 13.8 Å². The molecule has 0 amide bonds. The number of benzene rings is 2. The van der Waals surface area contributed by atoms with E-state index in [1.807, 2.05) is 25.1 Å². The molecule has 4 rings (SSSR count). The number of hydrogen-bond donors (Lipinski definition) is 1. The number of nitrogens with zero attached hydrogens (tertiary/aromatic N) is 2. The van der Waals surface area contributed by atoms with E-state index in [2.05, 4.69) is 46.4 Å². The van der Waals surface area contributed by atoms with Gasteiger partial charge in [-0.1, -0.05) is 53.2 Å². The van der Waals surface area contributed by atoms with Gasteiger partial charge in [0.25, 0.3) is 11.1 Å². The average Bonchev–Trinajstić information content (AvgIpc) is 3.20. The normalized spacial score (nSPS) is 11.3. The van der Waals surface area contributed by atoms with Crippen LogP contribution in [0.4, 0.5) is 0 Å². The Morgan fingerprint density at radius 2 is 1.88 bits per heavy atom. The Kier molecular flexibility index (Phi) is 4.27. The molecule has 0 saturated carbocycles. The fourth-order valence-corrected chi connectivity index (χ4v) is 3.60. The van der Waals surface area contributed by atoms with E-state index < -0.39 is 0 Å². The van der Waals surface area contributed by atoms with Crippen molar-refractivity contribution in [2.75, 3.05) is 0 Å². The molecule has 0 radical (unpaired) electrons. The highest BCUT2D eigenvalue weighted by Gasteiger charge is 2.16. The molecule has 0 aliphatic rings. The van der Waals surface area contributed by atoms with Crippen molar-refractivity contribution in [1.82, 2.24) is 15.2 Å². The standard InChI is InChI=1S/C19H16ClN3OS/c1-11-3-5-13(6-4-11)10-25-19-23-22-18(24-19)17-12(2)15-9-14(20)7-8-16(15)21-17/h3-9,21H,10H2,1-2H3.